The number of aliphatic carboxylic acids is 1. The van der Waals surface area contributed by atoms with Crippen LogP contribution in [-0.2, 0) is 34.0 Å². The number of carbonyl (C=O) groups is 3. The van der Waals surface area contributed by atoms with Gasteiger partial charge in [0.2, 0.25) is 0 Å². The van der Waals surface area contributed by atoms with Crippen molar-refractivity contribution in [3.05, 3.63) is 0 Å². The number of carboxylic acids is 1. The molecule has 12 heteroatoms. The molecule has 0 amide bonds. The van der Waals surface area contributed by atoms with Crippen LogP contribution in [0, 0.1) is 11.8 Å². The van der Waals surface area contributed by atoms with Crippen LogP contribution in [0.25, 0.3) is 0 Å². The zero-order chi connectivity index (χ0) is 25.9. The summed E-state index contributed by atoms with van der Waals surface area (Å²) in [5.74, 6) is -2.57. The van der Waals surface area contributed by atoms with Gasteiger partial charge in [-0.15, -0.1) is 0 Å². The second-order valence-corrected chi connectivity index (χ2v) is 9.82. The van der Waals surface area contributed by atoms with Crippen molar-refractivity contribution in [2.24, 2.45) is 11.8 Å². The fraction of sp³-hybridized carbons (Fsp3) is 0.864. The Morgan fingerprint density at radius 2 is 1.29 bits per heavy atom. The monoisotopic (exact) mass is 538 g/mol. The van der Waals surface area contributed by atoms with Gasteiger partial charge in [0, 0.05) is 0 Å². The molecule has 0 fully saturated rings. The van der Waals surface area contributed by atoms with Crippen LogP contribution in [0.15, 0.2) is 0 Å². The summed E-state index contributed by atoms with van der Waals surface area (Å²) in [7, 11) is -4.76. The number of thiol groups is 1. The third kappa shape index (κ3) is 21.0. The molecule has 0 aromatic heterocycles. The van der Waals surface area contributed by atoms with E-state index in [1.807, 2.05) is 13.8 Å². The topological polar surface area (TPSA) is 144 Å². The molecule has 0 aliphatic carbocycles. The third-order valence-corrected chi connectivity index (χ3v) is 6.49. The Hall–Kier alpha value is -0.330. The summed E-state index contributed by atoms with van der Waals surface area (Å²) in [5, 5.41) is 5.70. The van der Waals surface area contributed by atoms with Crippen molar-refractivity contribution < 1.29 is 41.9 Å². The Morgan fingerprint density at radius 3 is 1.62 bits per heavy atom. The molecule has 0 bridgehead atoms. The molecule has 0 rings (SSSR count). The predicted octanol–water partition coefficient (Wildman–Crippen LogP) is 3.50. The van der Waals surface area contributed by atoms with Crippen LogP contribution in [0.2, 0.25) is 0 Å². The Balaban J connectivity index is -0.00000144. The Morgan fingerprint density at radius 1 is 0.882 bits per heavy atom. The van der Waals surface area contributed by atoms with Crippen molar-refractivity contribution >= 4 is 70.2 Å². The number of carboxylic acid groups (broad SMARTS) is 1. The first-order chi connectivity index (χ1) is 15.5. The van der Waals surface area contributed by atoms with E-state index in [0.717, 1.165) is 51.4 Å². The molecule has 3 atom stereocenters. The predicted molar refractivity (Wildman–Crippen MR) is 137 cm³/mol. The van der Waals surface area contributed by atoms with Gasteiger partial charge in [-0.1, -0.05) is 66.2 Å². The summed E-state index contributed by atoms with van der Waals surface area (Å²) >= 11 is 3.42. The van der Waals surface area contributed by atoms with Gasteiger partial charge >= 0.3 is 47.5 Å². The molecular formula is C22H43NaO9S2. The first-order valence-electron chi connectivity index (χ1n) is 11.6. The number of hydrogen-bond acceptors (Lipinski definition) is 8. The van der Waals surface area contributed by atoms with Gasteiger partial charge < -0.3 is 14.6 Å². The number of unbranched alkanes of at least 4 members (excludes halogenated alkanes) is 2. The van der Waals surface area contributed by atoms with Crippen molar-refractivity contribution in [3.8, 4) is 0 Å². The standard InChI is InChI=1S/C20H38O7S.C2H4O2S.Na.H/c1-5-9-11-16(7-3)14-26-19(21)13-18(28(23,24)25)20(22)27-15-17(8-4)12-10-6-2;3-2(4)1-5;;/h16-18H,5-15H2,1-4H3,(H,23,24,25);5H,1H2,(H,3,4);;. The van der Waals surface area contributed by atoms with E-state index in [4.69, 9.17) is 14.6 Å². The van der Waals surface area contributed by atoms with E-state index >= 15 is 0 Å². The first-order valence-corrected chi connectivity index (χ1v) is 13.7. The van der Waals surface area contributed by atoms with Crippen LogP contribution in [0.4, 0.5) is 0 Å². The van der Waals surface area contributed by atoms with E-state index in [9.17, 15) is 27.4 Å². The average molecular weight is 539 g/mol. The molecule has 9 nitrogen and oxygen atoms in total. The Bertz CT molecular complexity index is 657. The number of hydrogen-bond donors (Lipinski definition) is 3. The van der Waals surface area contributed by atoms with Crippen LogP contribution in [0.5, 0.6) is 0 Å². The van der Waals surface area contributed by atoms with Crippen molar-refractivity contribution in [1.29, 1.82) is 0 Å². The molecule has 0 saturated carbocycles. The first kappa shape index (κ1) is 38.2. The van der Waals surface area contributed by atoms with E-state index in [2.05, 4.69) is 26.5 Å². The van der Waals surface area contributed by atoms with Crippen LogP contribution >= 0.6 is 12.6 Å². The van der Waals surface area contributed by atoms with Gasteiger partial charge in [-0.3, -0.25) is 18.9 Å². The van der Waals surface area contributed by atoms with E-state index in [0.29, 0.717) is 0 Å². The van der Waals surface area contributed by atoms with E-state index in [-0.39, 0.29) is 60.4 Å². The van der Waals surface area contributed by atoms with Crippen LogP contribution in [-0.4, -0.2) is 89.8 Å². The van der Waals surface area contributed by atoms with Crippen molar-refractivity contribution in [3.63, 3.8) is 0 Å². The summed E-state index contributed by atoms with van der Waals surface area (Å²) in [4.78, 5) is 33.5. The minimum atomic E-state index is -4.76. The molecule has 0 radical (unpaired) electrons. The summed E-state index contributed by atoms with van der Waals surface area (Å²) in [5.41, 5.74) is 0. The number of ether oxygens (including phenoxy) is 2. The van der Waals surface area contributed by atoms with E-state index < -0.39 is 39.7 Å². The van der Waals surface area contributed by atoms with Crippen LogP contribution in [0.1, 0.15) is 85.5 Å². The Labute approximate surface area is 232 Å². The fourth-order valence-electron chi connectivity index (χ4n) is 2.82. The molecule has 0 saturated heterocycles. The summed E-state index contributed by atoms with van der Waals surface area (Å²) < 4.78 is 42.8. The summed E-state index contributed by atoms with van der Waals surface area (Å²) in [6.07, 6.45) is 6.74. The molecular weight excluding hydrogens is 495 g/mol. The molecule has 3 unspecified atom stereocenters. The quantitative estimate of drug-likeness (QED) is 0.110. The van der Waals surface area contributed by atoms with E-state index in [1.165, 1.54) is 0 Å². The van der Waals surface area contributed by atoms with Crippen molar-refractivity contribution in [2.45, 2.75) is 90.7 Å². The SMILES string of the molecule is CCCCC(CC)COC(=O)CC(C(=O)OCC(CC)CCCC)S(=O)(=O)O.O=C(O)CS.[NaH]. The molecule has 0 aliphatic rings. The Kier molecular flexibility index (Phi) is 25.9. The zero-order valence-electron chi connectivity index (χ0n) is 20.3. The maximum absolute atomic E-state index is 12.2. The molecule has 0 aromatic rings. The molecule has 34 heavy (non-hydrogen) atoms. The van der Waals surface area contributed by atoms with Gasteiger partial charge in [0.15, 0.2) is 5.25 Å². The molecule has 0 heterocycles. The summed E-state index contributed by atoms with van der Waals surface area (Å²) in [6, 6.07) is 0. The van der Waals surface area contributed by atoms with Crippen molar-refractivity contribution in [2.75, 3.05) is 19.0 Å². The molecule has 0 aromatic carbocycles. The number of esters is 2. The number of carbonyl (C=O) groups excluding carboxylic acids is 2. The van der Waals surface area contributed by atoms with Crippen LogP contribution in [0.3, 0.4) is 0 Å². The molecule has 0 spiro atoms. The van der Waals surface area contributed by atoms with Gasteiger partial charge in [-0.05, 0) is 24.7 Å². The zero-order valence-corrected chi connectivity index (χ0v) is 22.0. The van der Waals surface area contributed by atoms with E-state index in [1.54, 1.807) is 0 Å². The molecule has 198 valence electrons. The second-order valence-electron chi connectivity index (χ2n) is 7.91. The maximum atomic E-state index is 12.2. The third-order valence-electron chi connectivity index (χ3n) is 5.14. The van der Waals surface area contributed by atoms with Gasteiger partial charge in [0.05, 0.1) is 25.4 Å². The van der Waals surface area contributed by atoms with Gasteiger partial charge in [-0.2, -0.15) is 21.0 Å². The normalized spacial score (nSPS) is 13.4. The average Bonchev–Trinajstić information content (AvgIpc) is 2.77. The fourth-order valence-corrected chi connectivity index (χ4v) is 3.48. The van der Waals surface area contributed by atoms with Gasteiger partial charge in [0.1, 0.15) is 0 Å². The number of rotatable bonds is 17. The minimum absolute atomic E-state index is 0. The van der Waals surface area contributed by atoms with Gasteiger partial charge in [-0.25, -0.2) is 0 Å². The van der Waals surface area contributed by atoms with Gasteiger partial charge in [0.25, 0.3) is 10.1 Å². The summed E-state index contributed by atoms with van der Waals surface area (Å²) in [6.45, 7) is 8.35. The molecule has 0 aliphatic heterocycles. The molecule has 2 N–H and O–H groups in total. The second kappa shape index (κ2) is 23.1. The van der Waals surface area contributed by atoms with Crippen molar-refractivity contribution in [1.82, 2.24) is 0 Å². The van der Waals surface area contributed by atoms with Crippen LogP contribution < -0.4 is 0 Å².